The summed E-state index contributed by atoms with van der Waals surface area (Å²) in [5.41, 5.74) is 7.80. The molecule has 2 N–H and O–H groups in total. The van der Waals surface area contributed by atoms with E-state index in [1.54, 1.807) is 6.20 Å². The van der Waals surface area contributed by atoms with Crippen LogP contribution >= 0.6 is 11.6 Å². The van der Waals surface area contributed by atoms with Gasteiger partial charge in [0.05, 0.1) is 11.6 Å². The van der Waals surface area contributed by atoms with Crippen LogP contribution in [0, 0.1) is 0 Å². The zero-order valence-corrected chi connectivity index (χ0v) is 11.4. The average Bonchev–Trinajstić information content (AvgIpc) is 2.43. The Kier molecular flexibility index (Phi) is 5.19. The lowest BCUT2D eigenvalue weighted by atomic mass is 10.1. The van der Waals surface area contributed by atoms with Crippen LogP contribution in [0.1, 0.15) is 11.1 Å². The minimum Gasteiger partial charge on any atom is -0.492 e. The van der Waals surface area contributed by atoms with Crippen LogP contribution in [-0.4, -0.2) is 18.1 Å². The van der Waals surface area contributed by atoms with Crippen LogP contribution in [0.15, 0.2) is 42.7 Å². The Balaban J connectivity index is 1.89. The highest BCUT2D eigenvalue weighted by molar-refractivity contribution is 6.32. The van der Waals surface area contributed by atoms with Crippen molar-refractivity contribution in [1.29, 1.82) is 0 Å². The number of pyridine rings is 1. The van der Waals surface area contributed by atoms with Gasteiger partial charge in [0.25, 0.3) is 0 Å². The molecule has 2 aromatic rings. The average molecular weight is 277 g/mol. The smallest absolute Gasteiger partial charge is 0.137 e. The number of nitrogens with two attached hydrogens (primary N) is 1. The molecular weight excluding hydrogens is 260 g/mol. The van der Waals surface area contributed by atoms with E-state index in [0.717, 1.165) is 24.0 Å². The van der Waals surface area contributed by atoms with Gasteiger partial charge >= 0.3 is 0 Å². The summed E-state index contributed by atoms with van der Waals surface area (Å²) in [6.45, 7) is 1.21. The Hall–Kier alpha value is -1.58. The Bertz CT molecular complexity index is 517. The molecule has 0 atom stereocenters. The quantitative estimate of drug-likeness (QED) is 0.883. The minimum absolute atomic E-state index is 0.585. The fourth-order valence-corrected chi connectivity index (χ4v) is 2.07. The van der Waals surface area contributed by atoms with E-state index in [2.05, 4.69) is 4.98 Å². The second kappa shape index (κ2) is 7.12. The molecule has 1 heterocycles. The van der Waals surface area contributed by atoms with Crippen LogP contribution in [0.5, 0.6) is 5.75 Å². The molecule has 0 aliphatic carbocycles. The predicted octanol–water partition coefficient (Wildman–Crippen LogP) is 2.86. The molecule has 2 rings (SSSR count). The van der Waals surface area contributed by atoms with E-state index in [1.807, 2.05) is 36.5 Å². The molecular formula is C15H17ClN2O. The molecule has 0 fully saturated rings. The number of aromatic nitrogens is 1. The van der Waals surface area contributed by atoms with Crippen LogP contribution in [0.25, 0.3) is 0 Å². The monoisotopic (exact) mass is 276 g/mol. The van der Waals surface area contributed by atoms with Crippen molar-refractivity contribution in [2.45, 2.75) is 12.8 Å². The van der Waals surface area contributed by atoms with Gasteiger partial charge in [-0.1, -0.05) is 23.7 Å². The molecule has 0 bridgehead atoms. The summed E-state index contributed by atoms with van der Waals surface area (Å²) < 4.78 is 5.68. The predicted molar refractivity (Wildman–Crippen MR) is 77.6 cm³/mol. The van der Waals surface area contributed by atoms with Gasteiger partial charge in [-0.25, -0.2) is 0 Å². The maximum absolute atomic E-state index is 6.17. The van der Waals surface area contributed by atoms with Crippen LogP contribution < -0.4 is 10.5 Å². The summed E-state index contributed by atoms with van der Waals surface area (Å²) in [5.74, 6) is 0.714. The molecule has 0 saturated heterocycles. The second-order valence-corrected chi connectivity index (χ2v) is 4.67. The van der Waals surface area contributed by atoms with Crippen molar-refractivity contribution in [2.75, 3.05) is 13.2 Å². The summed E-state index contributed by atoms with van der Waals surface area (Å²) in [6, 6.07) is 9.76. The third-order valence-electron chi connectivity index (χ3n) is 2.80. The molecule has 0 saturated carbocycles. The lowest BCUT2D eigenvalue weighted by Crippen LogP contribution is -2.04. The van der Waals surface area contributed by atoms with E-state index in [-0.39, 0.29) is 0 Å². The van der Waals surface area contributed by atoms with Crippen LogP contribution in [0.2, 0.25) is 5.02 Å². The molecule has 100 valence electrons. The number of ether oxygens (including phenoxy) is 1. The first-order valence-electron chi connectivity index (χ1n) is 6.30. The number of nitrogens with zero attached hydrogens (tertiary/aromatic N) is 1. The zero-order chi connectivity index (χ0) is 13.5. The highest BCUT2D eigenvalue weighted by Gasteiger charge is 2.03. The normalized spacial score (nSPS) is 10.4. The van der Waals surface area contributed by atoms with Gasteiger partial charge < -0.3 is 10.5 Å². The van der Waals surface area contributed by atoms with E-state index in [4.69, 9.17) is 22.1 Å². The molecule has 0 amide bonds. The largest absolute Gasteiger partial charge is 0.492 e. The number of halogens is 1. The molecule has 1 aromatic carbocycles. The van der Waals surface area contributed by atoms with Crippen molar-refractivity contribution in [2.24, 2.45) is 5.73 Å². The standard InChI is InChI=1S/C15H17ClN2O/c16-14-10-12(5-7-17)3-4-15(14)19-9-6-13-2-1-8-18-11-13/h1-4,8,10-11H,5-7,9,17H2. The number of benzene rings is 1. The maximum atomic E-state index is 6.17. The zero-order valence-electron chi connectivity index (χ0n) is 10.7. The molecule has 0 aliphatic heterocycles. The Morgan fingerprint density at radius 2 is 2.05 bits per heavy atom. The van der Waals surface area contributed by atoms with Crippen LogP contribution in [0.4, 0.5) is 0 Å². The van der Waals surface area contributed by atoms with Crippen molar-refractivity contribution in [3.63, 3.8) is 0 Å². The van der Waals surface area contributed by atoms with E-state index in [9.17, 15) is 0 Å². The molecule has 3 nitrogen and oxygen atoms in total. The van der Waals surface area contributed by atoms with Gasteiger partial charge in [-0.15, -0.1) is 0 Å². The van der Waals surface area contributed by atoms with E-state index in [0.29, 0.717) is 23.9 Å². The highest BCUT2D eigenvalue weighted by Crippen LogP contribution is 2.25. The summed E-state index contributed by atoms with van der Waals surface area (Å²) >= 11 is 6.17. The van der Waals surface area contributed by atoms with Crippen molar-refractivity contribution in [3.8, 4) is 5.75 Å². The highest BCUT2D eigenvalue weighted by atomic mass is 35.5. The van der Waals surface area contributed by atoms with Gasteiger partial charge in [0.15, 0.2) is 0 Å². The van der Waals surface area contributed by atoms with Crippen LogP contribution in [-0.2, 0) is 12.8 Å². The molecule has 4 heteroatoms. The summed E-state index contributed by atoms with van der Waals surface area (Å²) in [6.07, 6.45) is 5.25. The van der Waals surface area contributed by atoms with Gasteiger partial charge in [0.1, 0.15) is 5.75 Å². The summed E-state index contributed by atoms with van der Waals surface area (Å²) in [4.78, 5) is 4.07. The first kappa shape index (κ1) is 13.8. The fourth-order valence-electron chi connectivity index (χ4n) is 1.81. The van der Waals surface area contributed by atoms with Gasteiger partial charge in [0, 0.05) is 18.8 Å². The van der Waals surface area contributed by atoms with Crippen molar-refractivity contribution >= 4 is 11.6 Å². The summed E-state index contributed by atoms with van der Waals surface area (Å²) in [5, 5.41) is 0.636. The molecule has 1 aromatic heterocycles. The minimum atomic E-state index is 0.585. The summed E-state index contributed by atoms with van der Waals surface area (Å²) in [7, 11) is 0. The van der Waals surface area contributed by atoms with Gasteiger partial charge in [-0.05, 0) is 42.3 Å². The number of rotatable bonds is 6. The van der Waals surface area contributed by atoms with Crippen molar-refractivity contribution in [3.05, 3.63) is 58.9 Å². The van der Waals surface area contributed by atoms with Gasteiger partial charge in [0.2, 0.25) is 0 Å². The number of hydrogen-bond acceptors (Lipinski definition) is 3. The Labute approximate surface area is 118 Å². The maximum Gasteiger partial charge on any atom is 0.137 e. The third kappa shape index (κ3) is 4.23. The lowest BCUT2D eigenvalue weighted by Gasteiger charge is -2.09. The van der Waals surface area contributed by atoms with E-state index < -0.39 is 0 Å². The molecule has 0 unspecified atom stereocenters. The molecule has 0 aliphatic rings. The van der Waals surface area contributed by atoms with Gasteiger partial charge in [-0.2, -0.15) is 0 Å². The SMILES string of the molecule is NCCc1ccc(OCCc2cccnc2)c(Cl)c1. The number of hydrogen-bond donors (Lipinski definition) is 1. The Morgan fingerprint density at radius 1 is 1.16 bits per heavy atom. The Morgan fingerprint density at radius 3 is 2.74 bits per heavy atom. The second-order valence-electron chi connectivity index (χ2n) is 4.26. The first-order chi connectivity index (χ1) is 9.29. The molecule has 19 heavy (non-hydrogen) atoms. The fraction of sp³-hybridized carbons (Fsp3) is 0.267. The topological polar surface area (TPSA) is 48.1 Å². The van der Waals surface area contributed by atoms with E-state index >= 15 is 0 Å². The van der Waals surface area contributed by atoms with E-state index in [1.165, 1.54) is 0 Å². The van der Waals surface area contributed by atoms with Crippen LogP contribution in [0.3, 0.4) is 0 Å². The lowest BCUT2D eigenvalue weighted by molar-refractivity contribution is 0.322. The molecule has 0 radical (unpaired) electrons. The van der Waals surface area contributed by atoms with Crippen molar-refractivity contribution in [1.82, 2.24) is 4.98 Å². The van der Waals surface area contributed by atoms with Crippen molar-refractivity contribution < 1.29 is 4.74 Å². The third-order valence-corrected chi connectivity index (χ3v) is 3.10. The molecule has 0 spiro atoms. The van der Waals surface area contributed by atoms with Gasteiger partial charge in [-0.3, -0.25) is 4.98 Å². The first-order valence-corrected chi connectivity index (χ1v) is 6.67.